The van der Waals surface area contributed by atoms with E-state index in [0.717, 1.165) is 5.56 Å². The predicted molar refractivity (Wildman–Crippen MR) is 78.7 cm³/mol. The molecule has 0 amide bonds. The van der Waals surface area contributed by atoms with E-state index in [0.29, 0.717) is 18.7 Å². The van der Waals surface area contributed by atoms with E-state index in [1.165, 1.54) is 12.1 Å². The first-order valence-corrected chi connectivity index (χ1v) is 6.78. The number of benzene rings is 2. The standard InChI is InChI=1S/C17H17FN2O/c18-16-8-4-7-15(11-16)17(12-19)20(9-10-21)13-14-5-2-1-3-6-14/h1-8,11,17,21H,9-10,13H2. The molecule has 2 rings (SSSR count). The predicted octanol–water partition coefficient (Wildman–Crippen LogP) is 2.88. The van der Waals surface area contributed by atoms with Gasteiger partial charge in [-0.15, -0.1) is 0 Å². The topological polar surface area (TPSA) is 47.3 Å². The van der Waals surface area contributed by atoms with E-state index >= 15 is 0 Å². The smallest absolute Gasteiger partial charge is 0.124 e. The minimum absolute atomic E-state index is 0.0552. The molecule has 3 nitrogen and oxygen atoms in total. The van der Waals surface area contributed by atoms with Gasteiger partial charge in [-0.1, -0.05) is 42.5 Å². The molecule has 21 heavy (non-hydrogen) atoms. The highest BCUT2D eigenvalue weighted by Gasteiger charge is 2.20. The van der Waals surface area contributed by atoms with Crippen LogP contribution in [0.3, 0.4) is 0 Å². The molecule has 0 aromatic heterocycles. The van der Waals surface area contributed by atoms with E-state index in [4.69, 9.17) is 0 Å². The lowest BCUT2D eigenvalue weighted by atomic mass is 10.1. The van der Waals surface area contributed by atoms with Crippen LogP contribution in [0.4, 0.5) is 4.39 Å². The maximum Gasteiger partial charge on any atom is 0.124 e. The lowest BCUT2D eigenvalue weighted by Gasteiger charge is -2.26. The second kappa shape index (κ2) is 7.53. The molecule has 4 heteroatoms. The first-order chi connectivity index (χ1) is 10.2. The summed E-state index contributed by atoms with van der Waals surface area (Å²) in [5.74, 6) is -0.364. The van der Waals surface area contributed by atoms with E-state index in [1.54, 1.807) is 12.1 Å². The maximum atomic E-state index is 13.4. The summed E-state index contributed by atoms with van der Waals surface area (Å²) in [5, 5.41) is 18.7. The van der Waals surface area contributed by atoms with Crippen LogP contribution in [0.15, 0.2) is 54.6 Å². The van der Waals surface area contributed by atoms with Gasteiger partial charge in [0.2, 0.25) is 0 Å². The lowest BCUT2D eigenvalue weighted by Crippen LogP contribution is -2.30. The van der Waals surface area contributed by atoms with E-state index < -0.39 is 6.04 Å². The number of nitriles is 1. The Morgan fingerprint density at radius 3 is 2.52 bits per heavy atom. The fourth-order valence-corrected chi connectivity index (χ4v) is 2.29. The summed E-state index contributed by atoms with van der Waals surface area (Å²) in [4.78, 5) is 1.84. The largest absolute Gasteiger partial charge is 0.395 e. The molecule has 0 saturated heterocycles. The van der Waals surface area contributed by atoms with E-state index in [1.807, 2.05) is 35.2 Å². The molecule has 1 N–H and O–H groups in total. The van der Waals surface area contributed by atoms with Crippen LogP contribution >= 0.6 is 0 Å². The SMILES string of the molecule is N#CC(c1cccc(F)c1)N(CCO)Cc1ccccc1. The third-order valence-electron chi connectivity index (χ3n) is 3.27. The fraction of sp³-hybridized carbons (Fsp3) is 0.235. The van der Waals surface area contributed by atoms with Crippen molar-refractivity contribution in [3.05, 3.63) is 71.5 Å². The average molecular weight is 284 g/mol. The van der Waals surface area contributed by atoms with Gasteiger partial charge in [-0.2, -0.15) is 5.26 Å². The molecule has 1 atom stereocenters. The Morgan fingerprint density at radius 2 is 1.90 bits per heavy atom. The van der Waals surface area contributed by atoms with E-state index in [-0.39, 0.29) is 12.4 Å². The van der Waals surface area contributed by atoms with Crippen LogP contribution in [0.2, 0.25) is 0 Å². The molecule has 0 spiro atoms. The monoisotopic (exact) mass is 284 g/mol. The normalized spacial score (nSPS) is 12.1. The lowest BCUT2D eigenvalue weighted by molar-refractivity contribution is 0.167. The summed E-state index contributed by atoms with van der Waals surface area (Å²) in [6.45, 7) is 0.820. The van der Waals surface area contributed by atoms with Gasteiger partial charge in [0, 0.05) is 13.1 Å². The maximum absolute atomic E-state index is 13.4. The second-order valence-electron chi connectivity index (χ2n) is 4.77. The van der Waals surface area contributed by atoms with Crippen LogP contribution in [0.5, 0.6) is 0 Å². The molecule has 0 aliphatic rings. The molecule has 0 heterocycles. The number of rotatable bonds is 6. The highest BCUT2D eigenvalue weighted by molar-refractivity contribution is 5.25. The van der Waals surface area contributed by atoms with Gasteiger partial charge >= 0.3 is 0 Å². The molecule has 0 aliphatic carbocycles. The first-order valence-electron chi connectivity index (χ1n) is 6.78. The zero-order valence-electron chi connectivity index (χ0n) is 11.6. The molecular weight excluding hydrogens is 267 g/mol. The van der Waals surface area contributed by atoms with Crippen molar-refractivity contribution in [2.45, 2.75) is 12.6 Å². The Morgan fingerprint density at radius 1 is 1.14 bits per heavy atom. The van der Waals surface area contributed by atoms with Gasteiger partial charge in [0.25, 0.3) is 0 Å². The van der Waals surface area contributed by atoms with Gasteiger partial charge in [-0.05, 0) is 23.3 Å². The van der Waals surface area contributed by atoms with Gasteiger partial charge in [0.15, 0.2) is 0 Å². The van der Waals surface area contributed by atoms with E-state index in [9.17, 15) is 14.8 Å². The summed E-state index contributed by atoms with van der Waals surface area (Å²) in [6.07, 6.45) is 0. The van der Waals surface area contributed by atoms with Crippen molar-refractivity contribution in [3.8, 4) is 6.07 Å². The summed E-state index contributed by atoms with van der Waals surface area (Å²) in [7, 11) is 0. The van der Waals surface area contributed by atoms with Crippen LogP contribution in [-0.4, -0.2) is 23.2 Å². The van der Waals surface area contributed by atoms with Crippen LogP contribution < -0.4 is 0 Å². The molecule has 0 bridgehead atoms. The van der Waals surface area contributed by atoms with Gasteiger partial charge in [-0.25, -0.2) is 4.39 Å². The van der Waals surface area contributed by atoms with Gasteiger partial charge < -0.3 is 5.11 Å². The Kier molecular flexibility index (Phi) is 5.44. The summed E-state index contributed by atoms with van der Waals surface area (Å²) >= 11 is 0. The third kappa shape index (κ3) is 4.12. The number of nitrogens with zero attached hydrogens (tertiary/aromatic N) is 2. The molecule has 1 unspecified atom stereocenters. The minimum Gasteiger partial charge on any atom is -0.395 e. The first kappa shape index (κ1) is 15.2. The molecule has 2 aromatic carbocycles. The highest BCUT2D eigenvalue weighted by atomic mass is 19.1. The van der Waals surface area contributed by atoms with Crippen LogP contribution in [0.1, 0.15) is 17.2 Å². The zero-order valence-corrected chi connectivity index (χ0v) is 11.6. The van der Waals surface area contributed by atoms with Crippen molar-refractivity contribution < 1.29 is 9.50 Å². The second-order valence-corrected chi connectivity index (χ2v) is 4.77. The fourth-order valence-electron chi connectivity index (χ4n) is 2.29. The number of hydrogen-bond acceptors (Lipinski definition) is 3. The highest BCUT2D eigenvalue weighted by Crippen LogP contribution is 2.22. The molecule has 0 aliphatic heterocycles. The molecule has 0 fully saturated rings. The number of aliphatic hydroxyl groups is 1. The quantitative estimate of drug-likeness (QED) is 0.887. The van der Waals surface area contributed by atoms with Crippen LogP contribution in [0, 0.1) is 17.1 Å². The number of hydrogen-bond donors (Lipinski definition) is 1. The molecule has 0 saturated carbocycles. The summed E-state index contributed by atoms with van der Waals surface area (Å²) in [6, 6.07) is 17.3. The van der Waals surface area contributed by atoms with Crippen molar-refractivity contribution in [1.82, 2.24) is 4.90 Å². The summed E-state index contributed by atoms with van der Waals surface area (Å²) < 4.78 is 13.4. The van der Waals surface area contributed by atoms with Crippen molar-refractivity contribution in [2.24, 2.45) is 0 Å². The van der Waals surface area contributed by atoms with Crippen LogP contribution in [0.25, 0.3) is 0 Å². The Bertz CT molecular complexity index is 610. The summed E-state index contributed by atoms with van der Waals surface area (Å²) in [5.41, 5.74) is 1.64. The van der Waals surface area contributed by atoms with E-state index in [2.05, 4.69) is 6.07 Å². The molecule has 0 radical (unpaired) electrons. The Hall–Kier alpha value is -2.22. The number of aliphatic hydroxyl groups excluding tert-OH is 1. The van der Waals surface area contributed by atoms with Crippen molar-refractivity contribution >= 4 is 0 Å². The van der Waals surface area contributed by atoms with Gasteiger partial charge in [0.05, 0.1) is 12.7 Å². The Labute approximate surface area is 123 Å². The molecular formula is C17H17FN2O. The van der Waals surface area contributed by atoms with Gasteiger partial charge in [0.1, 0.15) is 11.9 Å². The molecule has 108 valence electrons. The zero-order chi connectivity index (χ0) is 15.1. The Balaban J connectivity index is 2.24. The van der Waals surface area contributed by atoms with Crippen molar-refractivity contribution in [2.75, 3.05) is 13.2 Å². The average Bonchev–Trinajstić information content (AvgIpc) is 2.49. The van der Waals surface area contributed by atoms with Crippen molar-refractivity contribution in [3.63, 3.8) is 0 Å². The van der Waals surface area contributed by atoms with Crippen molar-refractivity contribution in [1.29, 1.82) is 5.26 Å². The number of halogens is 1. The third-order valence-corrected chi connectivity index (χ3v) is 3.27. The minimum atomic E-state index is -0.590. The molecule has 2 aromatic rings. The van der Waals surface area contributed by atoms with Gasteiger partial charge in [-0.3, -0.25) is 4.90 Å². The van der Waals surface area contributed by atoms with Crippen LogP contribution in [-0.2, 0) is 6.54 Å².